The van der Waals surface area contributed by atoms with Crippen molar-refractivity contribution in [1.29, 1.82) is 0 Å². The molecule has 0 bridgehead atoms. The number of rotatable bonds is 5. The summed E-state index contributed by atoms with van der Waals surface area (Å²) in [5.41, 5.74) is -0.0527. The SMILES string of the molecule is O=C(O)c1cn(CCNc2nccc3sccc23)nn1. The highest BCUT2D eigenvalue weighted by Gasteiger charge is 2.08. The molecule has 0 amide bonds. The fraction of sp³-hybridized carbons (Fsp3) is 0.167. The Morgan fingerprint density at radius 3 is 3.15 bits per heavy atom. The number of aromatic nitrogens is 4. The van der Waals surface area contributed by atoms with Gasteiger partial charge in [0.2, 0.25) is 0 Å². The molecule has 0 aliphatic carbocycles. The summed E-state index contributed by atoms with van der Waals surface area (Å²) in [7, 11) is 0. The number of anilines is 1. The van der Waals surface area contributed by atoms with Gasteiger partial charge in [0.05, 0.1) is 12.7 Å². The summed E-state index contributed by atoms with van der Waals surface area (Å²) in [5.74, 6) is -0.253. The van der Waals surface area contributed by atoms with Gasteiger partial charge in [0, 0.05) is 22.8 Å². The molecule has 0 unspecified atom stereocenters. The smallest absolute Gasteiger partial charge is 0.358 e. The van der Waals surface area contributed by atoms with E-state index >= 15 is 0 Å². The Labute approximate surface area is 117 Å². The number of hydrogen-bond donors (Lipinski definition) is 2. The van der Waals surface area contributed by atoms with Gasteiger partial charge >= 0.3 is 5.97 Å². The summed E-state index contributed by atoms with van der Waals surface area (Å²) < 4.78 is 2.67. The Balaban J connectivity index is 1.64. The number of carboxylic acid groups (broad SMARTS) is 1. The molecule has 0 atom stereocenters. The van der Waals surface area contributed by atoms with E-state index in [1.54, 1.807) is 17.5 Å². The Morgan fingerprint density at radius 1 is 1.45 bits per heavy atom. The minimum absolute atomic E-state index is 0.0527. The molecule has 0 saturated carbocycles. The van der Waals surface area contributed by atoms with Crippen LogP contribution in [0.1, 0.15) is 10.5 Å². The van der Waals surface area contributed by atoms with Gasteiger partial charge in [-0.15, -0.1) is 16.4 Å². The number of thiophene rings is 1. The molecule has 0 radical (unpaired) electrons. The average Bonchev–Trinajstić information content (AvgIpc) is 3.07. The van der Waals surface area contributed by atoms with Gasteiger partial charge in [-0.25, -0.2) is 14.5 Å². The predicted molar refractivity (Wildman–Crippen MR) is 75.1 cm³/mol. The minimum atomic E-state index is -1.08. The summed E-state index contributed by atoms with van der Waals surface area (Å²) in [6.07, 6.45) is 3.17. The second kappa shape index (κ2) is 5.25. The maximum atomic E-state index is 10.7. The van der Waals surface area contributed by atoms with E-state index in [2.05, 4.69) is 20.6 Å². The largest absolute Gasteiger partial charge is 0.476 e. The Hall–Kier alpha value is -2.48. The van der Waals surface area contributed by atoms with Crippen LogP contribution < -0.4 is 5.32 Å². The zero-order valence-corrected chi connectivity index (χ0v) is 11.2. The van der Waals surface area contributed by atoms with Crippen LogP contribution in [0.2, 0.25) is 0 Å². The topological polar surface area (TPSA) is 92.9 Å². The first-order valence-electron chi connectivity index (χ1n) is 5.93. The minimum Gasteiger partial charge on any atom is -0.476 e. The van der Waals surface area contributed by atoms with Gasteiger partial charge in [-0.05, 0) is 17.5 Å². The van der Waals surface area contributed by atoms with Crippen molar-refractivity contribution in [2.45, 2.75) is 6.54 Å². The summed E-state index contributed by atoms with van der Waals surface area (Å²) in [5, 5.41) is 22.4. The molecule has 3 heterocycles. The third-order valence-corrected chi connectivity index (χ3v) is 3.65. The Morgan fingerprint density at radius 2 is 2.35 bits per heavy atom. The Bertz CT molecular complexity index is 751. The highest BCUT2D eigenvalue weighted by molar-refractivity contribution is 7.17. The third-order valence-electron chi connectivity index (χ3n) is 2.77. The summed E-state index contributed by atoms with van der Waals surface area (Å²) in [6, 6.07) is 4.00. The summed E-state index contributed by atoms with van der Waals surface area (Å²) in [4.78, 5) is 15.0. The van der Waals surface area contributed by atoms with Crippen LogP contribution in [-0.4, -0.2) is 37.6 Å². The monoisotopic (exact) mass is 289 g/mol. The highest BCUT2D eigenvalue weighted by atomic mass is 32.1. The molecule has 0 aromatic carbocycles. The zero-order valence-electron chi connectivity index (χ0n) is 10.4. The lowest BCUT2D eigenvalue weighted by molar-refractivity contribution is 0.0690. The van der Waals surface area contributed by atoms with Gasteiger partial charge in [-0.3, -0.25) is 0 Å². The highest BCUT2D eigenvalue weighted by Crippen LogP contribution is 2.25. The van der Waals surface area contributed by atoms with Gasteiger partial charge in [-0.1, -0.05) is 5.21 Å². The lowest BCUT2D eigenvalue weighted by Gasteiger charge is -2.06. The number of aromatic carboxylic acids is 1. The van der Waals surface area contributed by atoms with E-state index in [0.717, 1.165) is 11.2 Å². The van der Waals surface area contributed by atoms with Crippen molar-refractivity contribution < 1.29 is 9.90 Å². The van der Waals surface area contributed by atoms with E-state index in [1.807, 2.05) is 17.5 Å². The maximum Gasteiger partial charge on any atom is 0.358 e. The average molecular weight is 289 g/mol. The van der Waals surface area contributed by atoms with E-state index in [1.165, 1.54) is 15.6 Å². The van der Waals surface area contributed by atoms with Crippen LogP contribution in [0.5, 0.6) is 0 Å². The fourth-order valence-corrected chi connectivity index (χ4v) is 2.61. The van der Waals surface area contributed by atoms with Gasteiger partial charge in [0.1, 0.15) is 5.82 Å². The van der Waals surface area contributed by atoms with E-state index in [0.29, 0.717) is 13.1 Å². The van der Waals surface area contributed by atoms with Crippen molar-refractivity contribution in [2.75, 3.05) is 11.9 Å². The quantitative estimate of drug-likeness (QED) is 0.742. The Kier molecular flexibility index (Phi) is 3.30. The molecule has 8 heteroatoms. The van der Waals surface area contributed by atoms with Crippen molar-refractivity contribution in [3.05, 3.63) is 35.6 Å². The molecular formula is C12H11N5O2S. The molecule has 102 valence electrons. The van der Waals surface area contributed by atoms with Crippen LogP contribution in [0.25, 0.3) is 10.1 Å². The standard InChI is InChI=1S/C12H11N5O2S/c18-12(19)9-7-17(16-15-9)5-4-14-11-8-2-6-20-10(8)1-3-13-11/h1-3,6-7H,4-5H2,(H,13,14)(H,18,19). The van der Waals surface area contributed by atoms with Crippen LogP contribution >= 0.6 is 11.3 Å². The molecule has 3 rings (SSSR count). The molecule has 20 heavy (non-hydrogen) atoms. The molecule has 3 aromatic heterocycles. The first kappa shape index (κ1) is 12.5. The van der Waals surface area contributed by atoms with E-state index in [9.17, 15) is 4.79 Å². The number of nitrogens with one attached hydrogen (secondary N) is 1. The lowest BCUT2D eigenvalue weighted by Crippen LogP contribution is -2.12. The molecule has 2 N–H and O–H groups in total. The third kappa shape index (κ3) is 2.45. The molecule has 7 nitrogen and oxygen atoms in total. The molecule has 0 fully saturated rings. The molecule has 0 spiro atoms. The van der Waals surface area contributed by atoms with Crippen LogP contribution in [0.3, 0.4) is 0 Å². The van der Waals surface area contributed by atoms with Crippen molar-refractivity contribution in [1.82, 2.24) is 20.0 Å². The van der Waals surface area contributed by atoms with Crippen LogP contribution in [0.4, 0.5) is 5.82 Å². The van der Waals surface area contributed by atoms with Crippen molar-refractivity contribution in [3.8, 4) is 0 Å². The molecule has 3 aromatic rings. The normalized spacial score (nSPS) is 10.8. The first-order chi connectivity index (χ1) is 9.74. The van der Waals surface area contributed by atoms with Crippen LogP contribution in [-0.2, 0) is 6.54 Å². The van der Waals surface area contributed by atoms with Gasteiger partial charge in [0.25, 0.3) is 0 Å². The van der Waals surface area contributed by atoms with E-state index < -0.39 is 5.97 Å². The number of pyridine rings is 1. The fourth-order valence-electron chi connectivity index (χ4n) is 1.83. The van der Waals surface area contributed by atoms with Crippen LogP contribution in [0.15, 0.2) is 29.9 Å². The second-order valence-electron chi connectivity index (χ2n) is 4.09. The number of carboxylic acids is 1. The summed E-state index contributed by atoms with van der Waals surface area (Å²) >= 11 is 1.67. The second-order valence-corrected chi connectivity index (χ2v) is 5.04. The molecular weight excluding hydrogens is 278 g/mol. The first-order valence-corrected chi connectivity index (χ1v) is 6.81. The maximum absolute atomic E-state index is 10.7. The van der Waals surface area contributed by atoms with Crippen molar-refractivity contribution in [3.63, 3.8) is 0 Å². The van der Waals surface area contributed by atoms with Gasteiger partial charge < -0.3 is 10.4 Å². The molecule has 0 aliphatic rings. The van der Waals surface area contributed by atoms with Crippen molar-refractivity contribution in [2.24, 2.45) is 0 Å². The van der Waals surface area contributed by atoms with E-state index in [4.69, 9.17) is 5.11 Å². The lowest BCUT2D eigenvalue weighted by atomic mass is 10.3. The van der Waals surface area contributed by atoms with Crippen LogP contribution in [0, 0.1) is 0 Å². The van der Waals surface area contributed by atoms with Gasteiger partial charge in [0.15, 0.2) is 5.69 Å². The number of fused-ring (bicyclic) bond motifs is 1. The summed E-state index contributed by atoms with van der Waals surface area (Å²) in [6.45, 7) is 1.10. The predicted octanol–water partition coefficient (Wildman–Crippen LogP) is 1.70. The number of carbonyl (C=O) groups is 1. The number of nitrogens with zero attached hydrogens (tertiary/aromatic N) is 4. The van der Waals surface area contributed by atoms with E-state index in [-0.39, 0.29) is 5.69 Å². The molecule has 0 saturated heterocycles. The van der Waals surface area contributed by atoms with Gasteiger partial charge in [-0.2, -0.15) is 0 Å². The zero-order chi connectivity index (χ0) is 13.9. The number of hydrogen-bond acceptors (Lipinski definition) is 6. The van der Waals surface area contributed by atoms with Crippen molar-refractivity contribution >= 4 is 33.2 Å². The molecule has 0 aliphatic heterocycles.